The molecule has 0 bridgehead atoms. The molecule has 0 spiro atoms. The van der Waals surface area contributed by atoms with Gasteiger partial charge in [0.25, 0.3) is 0 Å². The third-order valence-corrected chi connectivity index (χ3v) is 3.69. The van der Waals surface area contributed by atoms with E-state index >= 15 is 0 Å². The van der Waals surface area contributed by atoms with Crippen LogP contribution in [0.5, 0.6) is 0 Å². The first kappa shape index (κ1) is 12.4. The van der Waals surface area contributed by atoms with Crippen LogP contribution in [0.25, 0.3) is 0 Å². The van der Waals surface area contributed by atoms with Crippen LogP contribution in [0, 0.1) is 6.92 Å². The van der Waals surface area contributed by atoms with Crippen LogP contribution < -0.4 is 5.32 Å². The molecular formula is C15H19N3O. The number of aryl methyl sites for hydroxylation is 2. The summed E-state index contributed by atoms with van der Waals surface area (Å²) in [6.45, 7) is 2.48. The Morgan fingerprint density at radius 1 is 1.32 bits per heavy atom. The van der Waals surface area contributed by atoms with Crippen LogP contribution in [-0.4, -0.2) is 10.1 Å². The standard InChI is InChI=1S/C15H19N3O/c1-11-17-15(19-18-11)10-16-14-9-5-3-7-12-6-2-4-8-13(12)14/h2,4,6,8,14,16H,3,5,7,9-10H2,1H3. The molecule has 100 valence electrons. The van der Waals surface area contributed by atoms with Gasteiger partial charge in [0, 0.05) is 6.04 Å². The molecule has 19 heavy (non-hydrogen) atoms. The molecule has 0 amide bonds. The van der Waals surface area contributed by atoms with Gasteiger partial charge in [-0.1, -0.05) is 35.8 Å². The van der Waals surface area contributed by atoms with E-state index < -0.39 is 0 Å². The smallest absolute Gasteiger partial charge is 0.240 e. The highest BCUT2D eigenvalue weighted by Crippen LogP contribution is 2.28. The molecule has 4 heteroatoms. The Hall–Kier alpha value is -1.68. The molecule has 0 radical (unpaired) electrons. The van der Waals surface area contributed by atoms with Crippen molar-refractivity contribution < 1.29 is 4.52 Å². The summed E-state index contributed by atoms with van der Waals surface area (Å²) in [7, 11) is 0. The molecule has 0 fully saturated rings. The van der Waals surface area contributed by atoms with Crippen molar-refractivity contribution in [1.82, 2.24) is 15.5 Å². The molecule has 3 rings (SSSR count). The molecule has 1 N–H and O–H groups in total. The van der Waals surface area contributed by atoms with Gasteiger partial charge < -0.3 is 9.84 Å². The predicted molar refractivity (Wildman–Crippen MR) is 72.6 cm³/mol. The Morgan fingerprint density at radius 2 is 2.21 bits per heavy atom. The Morgan fingerprint density at radius 3 is 3.05 bits per heavy atom. The van der Waals surface area contributed by atoms with E-state index in [0.717, 1.165) is 0 Å². The molecule has 1 aromatic heterocycles. The van der Waals surface area contributed by atoms with Crippen molar-refractivity contribution in [2.45, 2.75) is 45.2 Å². The van der Waals surface area contributed by atoms with Crippen molar-refractivity contribution in [3.63, 3.8) is 0 Å². The number of fused-ring (bicyclic) bond motifs is 1. The van der Waals surface area contributed by atoms with Crippen molar-refractivity contribution in [2.24, 2.45) is 0 Å². The van der Waals surface area contributed by atoms with Crippen molar-refractivity contribution in [1.29, 1.82) is 0 Å². The first-order valence-corrected chi connectivity index (χ1v) is 6.93. The lowest BCUT2D eigenvalue weighted by Crippen LogP contribution is -2.21. The maximum atomic E-state index is 5.15. The van der Waals surface area contributed by atoms with E-state index in [1.54, 1.807) is 0 Å². The van der Waals surface area contributed by atoms with E-state index in [1.807, 2.05) is 6.92 Å². The zero-order chi connectivity index (χ0) is 13.1. The number of rotatable bonds is 3. The van der Waals surface area contributed by atoms with Crippen molar-refractivity contribution in [3.8, 4) is 0 Å². The molecule has 0 aliphatic heterocycles. The van der Waals surface area contributed by atoms with Gasteiger partial charge in [0.05, 0.1) is 6.54 Å². The van der Waals surface area contributed by atoms with Crippen molar-refractivity contribution in [3.05, 3.63) is 47.1 Å². The van der Waals surface area contributed by atoms with Crippen LogP contribution in [0.1, 0.15) is 48.1 Å². The number of nitrogens with one attached hydrogen (secondary N) is 1. The molecule has 1 unspecified atom stereocenters. The summed E-state index contributed by atoms with van der Waals surface area (Å²) >= 11 is 0. The fourth-order valence-corrected chi connectivity index (χ4v) is 2.76. The molecule has 2 aromatic rings. The lowest BCUT2D eigenvalue weighted by atomic mass is 9.99. The molecule has 1 atom stereocenters. The predicted octanol–water partition coefficient (Wildman–Crippen LogP) is 2.94. The molecular weight excluding hydrogens is 238 g/mol. The Bertz CT molecular complexity index is 550. The number of aromatic nitrogens is 2. The van der Waals surface area contributed by atoms with E-state index in [-0.39, 0.29) is 0 Å². The average molecular weight is 257 g/mol. The van der Waals surface area contributed by atoms with Crippen molar-refractivity contribution >= 4 is 0 Å². The summed E-state index contributed by atoms with van der Waals surface area (Å²) in [5.74, 6) is 1.36. The third kappa shape index (κ3) is 2.84. The van der Waals surface area contributed by atoms with Gasteiger partial charge in [0.1, 0.15) is 0 Å². The fraction of sp³-hybridized carbons (Fsp3) is 0.467. The first-order valence-electron chi connectivity index (χ1n) is 6.93. The van der Waals surface area contributed by atoms with E-state index in [4.69, 9.17) is 4.52 Å². The second-order valence-electron chi connectivity index (χ2n) is 5.11. The molecule has 4 nitrogen and oxygen atoms in total. The minimum Gasteiger partial charge on any atom is -0.338 e. The van der Waals surface area contributed by atoms with Crippen LogP contribution in [0.4, 0.5) is 0 Å². The summed E-state index contributed by atoms with van der Waals surface area (Å²) in [6.07, 6.45) is 4.89. The summed E-state index contributed by atoms with van der Waals surface area (Å²) in [4.78, 5) is 4.23. The van der Waals surface area contributed by atoms with Gasteiger partial charge in [0.2, 0.25) is 5.89 Å². The lowest BCUT2D eigenvalue weighted by molar-refractivity contribution is 0.351. The first-order chi connectivity index (χ1) is 9.33. The summed E-state index contributed by atoms with van der Waals surface area (Å²) in [6, 6.07) is 9.12. The highest BCUT2D eigenvalue weighted by molar-refractivity contribution is 5.31. The molecule has 0 saturated carbocycles. The Balaban J connectivity index is 1.73. The van der Waals surface area contributed by atoms with E-state index in [0.29, 0.717) is 24.3 Å². The summed E-state index contributed by atoms with van der Waals surface area (Å²) in [5.41, 5.74) is 2.90. The summed E-state index contributed by atoms with van der Waals surface area (Å²) in [5, 5.41) is 7.37. The average Bonchev–Trinajstić information content (AvgIpc) is 2.73. The number of benzene rings is 1. The third-order valence-electron chi connectivity index (χ3n) is 3.69. The topological polar surface area (TPSA) is 51.0 Å². The van der Waals surface area contributed by atoms with Gasteiger partial charge in [-0.3, -0.25) is 0 Å². The minimum absolute atomic E-state index is 0.394. The monoisotopic (exact) mass is 257 g/mol. The Kier molecular flexibility index (Phi) is 3.60. The molecule has 1 aromatic carbocycles. The SMILES string of the molecule is Cc1noc(CNC2CCCCc3ccccc32)n1. The fourth-order valence-electron chi connectivity index (χ4n) is 2.76. The zero-order valence-corrected chi connectivity index (χ0v) is 11.2. The number of nitrogens with zero attached hydrogens (tertiary/aromatic N) is 2. The van der Waals surface area contributed by atoms with Crippen LogP contribution in [0.2, 0.25) is 0 Å². The Labute approximate surface area is 113 Å². The maximum Gasteiger partial charge on any atom is 0.240 e. The van der Waals surface area contributed by atoms with Crippen LogP contribution >= 0.6 is 0 Å². The normalized spacial score (nSPS) is 18.9. The quantitative estimate of drug-likeness (QED) is 0.859. The molecule has 0 saturated heterocycles. The second-order valence-corrected chi connectivity index (χ2v) is 5.11. The zero-order valence-electron chi connectivity index (χ0n) is 11.2. The van der Waals surface area contributed by atoms with E-state index in [1.165, 1.54) is 36.8 Å². The van der Waals surface area contributed by atoms with Crippen LogP contribution in [0.3, 0.4) is 0 Å². The van der Waals surface area contributed by atoms with Gasteiger partial charge in [0.15, 0.2) is 5.82 Å². The lowest BCUT2D eigenvalue weighted by Gasteiger charge is -2.18. The number of hydrogen-bond donors (Lipinski definition) is 1. The molecule has 1 heterocycles. The van der Waals surface area contributed by atoms with Crippen LogP contribution in [0.15, 0.2) is 28.8 Å². The minimum atomic E-state index is 0.394. The second kappa shape index (κ2) is 5.53. The largest absolute Gasteiger partial charge is 0.338 e. The number of hydrogen-bond acceptors (Lipinski definition) is 4. The van der Waals surface area contributed by atoms with Gasteiger partial charge >= 0.3 is 0 Å². The van der Waals surface area contributed by atoms with Gasteiger partial charge in [-0.2, -0.15) is 4.98 Å². The van der Waals surface area contributed by atoms with Gasteiger partial charge in [-0.15, -0.1) is 0 Å². The highest BCUT2D eigenvalue weighted by atomic mass is 16.5. The van der Waals surface area contributed by atoms with Gasteiger partial charge in [-0.25, -0.2) is 0 Å². The van der Waals surface area contributed by atoms with E-state index in [2.05, 4.69) is 39.7 Å². The highest BCUT2D eigenvalue weighted by Gasteiger charge is 2.18. The maximum absolute atomic E-state index is 5.15. The van der Waals surface area contributed by atoms with Crippen molar-refractivity contribution in [2.75, 3.05) is 0 Å². The molecule has 1 aliphatic rings. The molecule has 1 aliphatic carbocycles. The van der Waals surface area contributed by atoms with Crippen LogP contribution in [-0.2, 0) is 13.0 Å². The van der Waals surface area contributed by atoms with E-state index in [9.17, 15) is 0 Å². The summed E-state index contributed by atoms with van der Waals surface area (Å²) < 4.78 is 5.15. The van der Waals surface area contributed by atoms with Gasteiger partial charge in [-0.05, 0) is 37.3 Å².